The largest absolute Gasteiger partial charge is 0.487 e. The standard InChI is InChI=1S/C26H28ClNO4S/c1-4-21-16(14-32-20-12-7-6-9-17(20)27)13-22(33-21)25-23(26(30)31-5-2)15(3)28-18-10-8-11-19(29)24(18)25/h6-7,9,12-13,25,28H,4-5,8,10-11,14H2,1-3H3/t25-/m1/s1. The Balaban J connectivity index is 1.74. The molecule has 174 valence electrons. The summed E-state index contributed by atoms with van der Waals surface area (Å²) in [6.45, 7) is 6.42. The molecule has 0 fully saturated rings. The highest BCUT2D eigenvalue weighted by Crippen LogP contribution is 2.45. The molecule has 2 aliphatic rings. The van der Waals surface area contributed by atoms with Gasteiger partial charge in [-0.15, -0.1) is 11.3 Å². The predicted molar refractivity (Wildman–Crippen MR) is 131 cm³/mol. The number of carbonyl (C=O) groups excluding carboxylic acids is 2. The number of rotatable bonds is 7. The highest BCUT2D eigenvalue weighted by Gasteiger charge is 2.40. The van der Waals surface area contributed by atoms with Gasteiger partial charge in [0, 0.05) is 38.7 Å². The van der Waals surface area contributed by atoms with Gasteiger partial charge in [0.2, 0.25) is 0 Å². The van der Waals surface area contributed by atoms with E-state index in [1.54, 1.807) is 24.3 Å². The molecular weight excluding hydrogens is 458 g/mol. The topological polar surface area (TPSA) is 64.6 Å². The van der Waals surface area contributed by atoms with E-state index in [9.17, 15) is 9.59 Å². The van der Waals surface area contributed by atoms with Crippen LogP contribution in [0, 0.1) is 0 Å². The average molecular weight is 486 g/mol. The summed E-state index contributed by atoms with van der Waals surface area (Å²) in [4.78, 5) is 28.2. The molecule has 0 saturated heterocycles. The Hall–Kier alpha value is -2.57. The van der Waals surface area contributed by atoms with E-state index in [0.29, 0.717) is 34.9 Å². The quantitative estimate of drug-likeness (QED) is 0.482. The van der Waals surface area contributed by atoms with Crippen molar-refractivity contribution in [2.75, 3.05) is 6.61 Å². The van der Waals surface area contributed by atoms with Crippen LogP contribution in [0.4, 0.5) is 0 Å². The third-order valence-electron chi connectivity index (χ3n) is 6.01. The van der Waals surface area contributed by atoms with Crippen LogP contribution in [0.25, 0.3) is 0 Å². The molecule has 0 radical (unpaired) electrons. The molecule has 1 aromatic heterocycles. The molecule has 2 heterocycles. The molecular formula is C26H28ClNO4S. The van der Waals surface area contributed by atoms with Crippen LogP contribution < -0.4 is 10.1 Å². The molecule has 0 bridgehead atoms. The lowest BCUT2D eigenvalue weighted by Gasteiger charge is -2.33. The number of hydrogen-bond donors (Lipinski definition) is 1. The number of thiophene rings is 1. The number of Topliss-reactive ketones (excluding diaryl/α,β-unsaturated/α-hetero) is 1. The van der Waals surface area contributed by atoms with E-state index in [2.05, 4.69) is 18.3 Å². The monoisotopic (exact) mass is 485 g/mol. The van der Waals surface area contributed by atoms with Crippen molar-refractivity contribution in [3.05, 3.63) is 73.2 Å². The zero-order valence-electron chi connectivity index (χ0n) is 19.1. The molecule has 5 nitrogen and oxygen atoms in total. The Morgan fingerprint density at radius 2 is 2.03 bits per heavy atom. The molecule has 0 amide bonds. The normalized spacial score (nSPS) is 18.2. The smallest absolute Gasteiger partial charge is 0.336 e. The summed E-state index contributed by atoms with van der Waals surface area (Å²) >= 11 is 7.89. The second kappa shape index (κ2) is 10.1. The lowest BCUT2D eigenvalue weighted by molar-refractivity contribution is -0.138. The van der Waals surface area contributed by atoms with E-state index < -0.39 is 5.92 Å². The van der Waals surface area contributed by atoms with Gasteiger partial charge in [0.15, 0.2) is 5.78 Å². The second-order valence-electron chi connectivity index (χ2n) is 8.16. The van der Waals surface area contributed by atoms with Crippen molar-refractivity contribution < 1.29 is 19.1 Å². The summed E-state index contributed by atoms with van der Waals surface area (Å²) in [7, 11) is 0. The number of hydrogen-bond acceptors (Lipinski definition) is 6. The SMILES string of the molecule is CCOC(=O)C1=C(C)NC2=C(C(=O)CCC2)[C@@H]1c1cc(COc2ccccc2Cl)c(CC)s1. The van der Waals surface area contributed by atoms with Crippen LogP contribution in [-0.2, 0) is 27.4 Å². The van der Waals surface area contributed by atoms with Crippen LogP contribution in [-0.4, -0.2) is 18.4 Å². The molecule has 33 heavy (non-hydrogen) atoms. The van der Waals surface area contributed by atoms with Gasteiger partial charge in [0.25, 0.3) is 0 Å². The Morgan fingerprint density at radius 3 is 2.76 bits per heavy atom. The van der Waals surface area contributed by atoms with Gasteiger partial charge in [0.1, 0.15) is 12.4 Å². The molecule has 1 aliphatic heterocycles. The summed E-state index contributed by atoms with van der Waals surface area (Å²) in [6, 6.07) is 9.47. The van der Waals surface area contributed by atoms with Crippen molar-refractivity contribution >= 4 is 34.7 Å². The van der Waals surface area contributed by atoms with Gasteiger partial charge >= 0.3 is 5.97 Å². The van der Waals surface area contributed by atoms with Crippen molar-refractivity contribution in [1.29, 1.82) is 0 Å². The molecule has 0 spiro atoms. The Morgan fingerprint density at radius 1 is 1.24 bits per heavy atom. The molecule has 0 unspecified atom stereocenters. The van der Waals surface area contributed by atoms with Gasteiger partial charge in [-0.2, -0.15) is 0 Å². The van der Waals surface area contributed by atoms with Crippen molar-refractivity contribution in [3.8, 4) is 5.75 Å². The number of halogens is 1. The molecule has 1 N–H and O–H groups in total. The van der Waals surface area contributed by atoms with Gasteiger partial charge in [0.05, 0.1) is 23.1 Å². The van der Waals surface area contributed by atoms with Gasteiger partial charge in [-0.3, -0.25) is 4.79 Å². The van der Waals surface area contributed by atoms with Crippen LogP contribution in [0.5, 0.6) is 5.75 Å². The maximum Gasteiger partial charge on any atom is 0.336 e. The summed E-state index contributed by atoms with van der Waals surface area (Å²) in [5.74, 6) is -0.0650. The zero-order valence-corrected chi connectivity index (χ0v) is 20.7. The highest BCUT2D eigenvalue weighted by atomic mass is 35.5. The molecule has 1 aromatic carbocycles. The highest BCUT2D eigenvalue weighted by molar-refractivity contribution is 7.12. The first-order chi connectivity index (χ1) is 15.9. The number of carbonyl (C=O) groups is 2. The Bertz CT molecular complexity index is 1150. The van der Waals surface area contributed by atoms with Crippen LogP contribution in [0.15, 0.2) is 52.9 Å². The number of dihydropyridines is 1. The third-order valence-corrected chi connectivity index (χ3v) is 7.71. The number of aryl methyl sites for hydroxylation is 1. The number of esters is 1. The first kappa shape index (κ1) is 23.6. The minimum atomic E-state index is -0.419. The van der Waals surface area contributed by atoms with E-state index in [-0.39, 0.29) is 18.4 Å². The number of allylic oxidation sites excluding steroid dienone is 3. The first-order valence-corrected chi connectivity index (χ1v) is 12.5. The van der Waals surface area contributed by atoms with Gasteiger partial charge in [-0.05, 0) is 51.3 Å². The van der Waals surface area contributed by atoms with Crippen LogP contribution in [0.3, 0.4) is 0 Å². The molecule has 0 saturated carbocycles. The van der Waals surface area contributed by atoms with E-state index in [1.807, 2.05) is 25.1 Å². The van der Waals surface area contributed by atoms with Crippen molar-refractivity contribution in [2.45, 2.75) is 59.0 Å². The fourth-order valence-electron chi connectivity index (χ4n) is 4.52. The Labute approximate surface area is 203 Å². The fourth-order valence-corrected chi connectivity index (χ4v) is 5.94. The number of ether oxygens (including phenoxy) is 2. The van der Waals surface area contributed by atoms with Gasteiger partial charge in [-0.25, -0.2) is 4.79 Å². The number of ketones is 1. The molecule has 7 heteroatoms. The van der Waals surface area contributed by atoms with E-state index in [1.165, 1.54) is 4.88 Å². The minimum absolute atomic E-state index is 0.100. The van der Waals surface area contributed by atoms with E-state index in [4.69, 9.17) is 21.1 Å². The predicted octanol–water partition coefficient (Wildman–Crippen LogP) is 6.07. The number of nitrogens with one attached hydrogen (secondary N) is 1. The summed E-state index contributed by atoms with van der Waals surface area (Å²) in [5, 5.41) is 3.89. The number of para-hydroxylation sites is 1. The third kappa shape index (κ3) is 4.73. The van der Waals surface area contributed by atoms with Crippen LogP contribution >= 0.6 is 22.9 Å². The first-order valence-electron chi connectivity index (χ1n) is 11.3. The van der Waals surface area contributed by atoms with Crippen LogP contribution in [0.2, 0.25) is 5.02 Å². The van der Waals surface area contributed by atoms with Gasteiger partial charge in [-0.1, -0.05) is 30.7 Å². The van der Waals surface area contributed by atoms with Crippen molar-refractivity contribution in [1.82, 2.24) is 5.32 Å². The fraction of sp³-hybridized carbons (Fsp3) is 0.385. The average Bonchev–Trinajstić information content (AvgIpc) is 3.21. The van der Waals surface area contributed by atoms with Crippen molar-refractivity contribution in [3.63, 3.8) is 0 Å². The lowest BCUT2D eigenvalue weighted by Crippen LogP contribution is -2.34. The summed E-state index contributed by atoms with van der Waals surface area (Å²) < 4.78 is 11.4. The van der Waals surface area contributed by atoms with E-state index in [0.717, 1.165) is 41.1 Å². The van der Waals surface area contributed by atoms with Gasteiger partial charge < -0.3 is 14.8 Å². The molecule has 1 atom stereocenters. The van der Waals surface area contributed by atoms with E-state index >= 15 is 0 Å². The zero-order chi connectivity index (χ0) is 23.5. The molecule has 1 aliphatic carbocycles. The molecule has 4 rings (SSSR count). The minimum Gasteiger partial charge on any atom is -0.487 e. The maximum atomic E-state index is 13.0. The lowest BCUT2D eigenvalue weighted by atomic mass is 9.78. The maximum absolute atomic E-state index is 13.0. The summed E-state index contributed by atoms with van der Waals surface area (Å²) in [5.41, 5.74) is 3.96. The molecule has 2 aromatic rings. The summed E-state index contributed by atoms with van der Waals surface area (Å²) in [6.07, 6.45) is 2.95. The van der Waals surface area contributed by atoms with Crippen molar-refractivity contribution in [2.24, 2.45) is 0 Å². The number of benzene rings is 1. The van der Waals surface area contributed by atoms with Crippen LogP contribution in [0.1, 0.15) is 61.3 Å². The second-order valence-corrected chi connectivity index (χ2v) is 9.73. The Kier molecular flexibility index (Phi) is 7.25.